The van der Waals surface area contributed by atoms with Gasteiger partial charge in [0, 0.05) is 0 Å². The first kappa shape index (κ1) is 12.5. The Kier molecular flexibility index (Phi) is 5.45. The molecule has 1 rings (SSSR count). The van der Waals surface area contributed by atoms with Crippen molar-refractivity contribution in [2.24, 2.45) is 11.8 Å². The van der Waals surface area contributed by atoms with E-state index in [9.17, 15) is 0 Å². The smallest absolute Gasteiger partial charge is 0.0188 e. The Morgan fingerprint density at radius 3 is 2.43 bits per heavy atom. The molecular weight excluding hydrogens is 187 g/mol. The molecule has 0 amide bonds. The standard InChI is InChI=1S/C13H27P/c1-5-13(14(3)4)12-8-6-7-11(2)9-10-12/h11-13H,5-10H2,1-4H3. The monoisotopic (exact) mass is 214 g/mol. The van der Waals surface area contributed by atoms with Crippen LogP contribution in [0.3, 0.4) is 0 Å². The lowest BCUT2D eigenvalue weighted by Gasteiger charge is -2.28. The van der Waals surface area contributed by atoms with Gasteiger partial charge in [0.15, 0.2) is 0 Å². The Morgan fingerprint density at radius 1 is 1.14 bits per heavy atom. The summed E-state index contributed by atoms with van der Waals surface area (Å²) in [5, 5.41) is 0. The SMILES string of the molecule is CCC(C1CCCC(C)CC1)P(C)C. The molecule has 3 atom stereocenters. The molecule has 0 aromatic rings. The molecule has 0 nitrogen and oxygen atoms in total. The van der Waals surface area contributed by atoms with Gasteiger partial charge >= 0.3 is 0 Å². The second-order valence-electron chi connectivity index (χ2n) is 5.31. The van der Waals surface area contributed by atoms with Crippen LogP contribution in [0.1, 0.15) is 52.4 Å². The van der Waals surface area contributed by atoms with Crippen LogP contribution in [0.15, 0.2) is 0 Å². The molecule has 84 valence electrons. The van der Waals surface area contributed by atoms with Gasteiger partial charge < -0.3 is 0 Å². The van der Waals surface area contributed by atoms with E-state index in [-0.39, 0.29) is 7.92 Å². The van der Waals surface area contributed by atoms with E-state index in [2.05, 4.69) is 27.2 Å². The van der Waals surface area contributed by atoms with Crippen molar-refractivity contribution in [1.82, 2.24) is 0 Å². The van der Waals surface area contributed by atoms with E-state index in [4.69, 9.17) is 0 Å². The third kappa shape index (κ3) is 3.54. The van der Waals surface area contributed by atoms with Gasteiger partial charge in [-0.1, -0.05) is 33.1 Å². The molecule has 0 spiro atoms. The fraction of sp³-hybridized carbons (Fsp3) is 1.00. The molecule has 1 fully saturated rings. The van der Waals surface area contributed by atoms with Crippen molar-refractivity contribution in [3.05, 3.63) is 0 Å². The van der Waals surface area contributed by atoms with Crippen molar-refractivity contribution in [1.29, 1.82) is 0 Å². The molecule has 1 saturated carbocycles. The summed E-state index contributed by atoms with van der Waals surface area (Å²) in [5.74, 6) is 2.06. The van der Waals surface area contributed by atoms with Gasteiger partial charge in [-0.05, 0) is 50.1 Å². The van der Waals surface area contributed by atoms with Crippen LogP contribution in [0.25, 0.3) is 0 Å². The molecule has 0 bridgehead atoms. The zero-order valence-electron chi connectivity index (χ0n) is 10.4. The number of hydrogen-bond acceptors (Lipinski definition) is 0. The molecule has 0 aliphatic heterocycles. The molecule has 0 radical (unpaired) electrons. The highest BCUT2D eigenvalue weighted by Crippen LogP contribution is 2.44. The highest BCUT2D eigenvalue weighted by atomic mass is 31.1. The largest absolute Gasteiger partial charge is 0.110 e. The van der Waals surface area contributed by atoms with Crippen molar-refractivity contribution in [3.63, 3.8) is 0 Å². The van der Waals surface area contributed by atoms with Crippen LogP contribution in [-0.2, 0) is 0 Å². The molecule has 0 N–H and O–H groups in total. The summed E-state index contributed by atoms with van der Waals surface area (Å²) in [6.07, 6.45) is 8.91. The summed E-state index contributed by atoms with van der Waals surface area (Å²) in [6.45, 7) is 9.76. The molecule has 0 heterocycles. The summed E-state index contributed by atoms with van der Waals surface area (Å²) in [7, 11) is 0.287. The third-order valence-electron chi connectivity index (χ3n) is 3.93. The van der Waals surface area contributed by atoms with E-state index in [0.717, 1.165) is 17.5 Å². The van der Waals surface area contributed by atoms with Gasteiger partial charge in [-0.2, -0.15) is 0 Å². The molecule has 1 aliphatic carbocycles. The van der Waals surface area contributed by atoms with E-state index < -0.39 is 0 Å². The quantitative estimate of drug-likeness (QED) is 0.471. The zero-order chi connectivity index (χ0) is 10.6. The predicted molar refractivity (Wildman–Crippen MR) is 68.6 cm³/mol. The first-order valence-corrected chi connectivity index (χ1v) is 8.62. The molecule has 1 aliphatic rings. The Morgan fingerprint density at radius 2 is 1.86 bits per heavy atom. The fourth-order valence-corrected chi connectivity index (χ4v) is 4.89. The normalized spacial score (nSPS) is 31.5. The fourth-order valence-electron chi connectivity index (χ4n) is 3.02. The molecule has 3 unspecified atom stereocenters. The Balaban J connectivity index is 2.48. The lowest BCUT2D eigenvalue weighted by molar-refractivity contribution is 0.422. The van der Waals surface area contributed by atoms with Gasteiger partial charge in [0.2, 0.25) is 0 Å². The van der Waals surface area contributed by atoms with E-state index in [0.29, 0.717) is 0 Å². The van der Waals surface area contributed by atoms with Crippen LogP contribution in [0, 0.1) is 11.8 Å². The van der Waals surface area contributed by atoms with Gasteiger partial charge in [-0.15, -0.1) is 7.92 Å². The lowest BCUT2D eigenvalue weighted by atomic mass is 9.94. The number of rotatable bonds is 3. The first-order valence-electron chi connectivity index (χ1n) is 6.31. The maximum Gasteiger partial charge on any atom is -0.0188 e. The van der Waals surface area contributed by atoms with Crippen LogP contribution in [0.5, 0.6) is 0 Å². The van der Waals surface area contributed by atoms with Gasteiger partial charge in [0.1, 0.15) is 0 Å². The highest BCUT2D eigenvalue weighted by molar-refractivity contribution is 7.56. The Bertz CT molecular complexity index is 153. The van der Waals surface area contributed by atoms with Crippen molar-refractivity contribution >= 4 is 7.92 Å². The predicted octanol–water partition coefficient (Wildman–Crippen LogP) is 4.72. The Hall–Kier alpha value is 0.430. The van der Waals surface area contributed by atoms with Crippen LogP contribution in [-0.4, -0.2) is 19.0 Å². The van der Waals surface area contributed by atoms with Gasteiger partial charge in [0.25, 0.3) is 0 Å². The molecule has 14 heavy (non-hydrogen) atoms. The minimum absolute atomic E-state index is 0.287. The summed E-state index contributed by atoms with van der Waals surface area (Å²) >= 11 is 0. The molecule has 1 heteroatoms. The van der Waals surface area contributed by atoms with Crippen molar-refractivity contribution in [2.45, 2.75) is 58.0 Å². The van der Waals surface area contributed by atoms with Crippen LogP contribution in [0.4, 0.5) is 0 Å². The van der Waals surface area contributed by atoms with Crippen molar-refractivity contribution < 1.29 is 0 Å². The van der Waals surface area contributed by atoms with E-state index in [1.165, 1.54) is 38.5 Å². The van der Waals surface area contributed by atoms with Gasteiger partial charge in [0.05, 0.1) is 0 Å². The molecule has 0 aromatic carbocycles. The van der Waals surface area contributed by atoms with E-state index >= 15 is 0 Å². The second kappa shape index (κ2) is 6.11. The van der Waals surface area contributed by atoms with Crippen molar-refractivity contribution in [2.75, 3.05) is 13.3 Å². The van der Waals surface area contributed by atoms with Gasteiger partial charge in [-0.25, -0.2) is 0 Å². The minimum Gasteiger partial charge on any atom is -0.110 e. The van der Waals surface area contributed by atoms with Crippen LogP contribution in [0.2, 0.25) is 0 Å². The summed E-state index contributed by atoms with van der Waals surface area (Å²) in [5.41, 5.74) is 1.05. The highest BCUT2D eigenvalue weighted by Gasteiger charge is 2.24. The zero-order valence-corrected chi connectivity index (χ0v) is 11.3. The molecule has 0 aromatic heterocycles. The van der Waals surface area contributed by atoms with E-state index in [1.807, 2.05) is 0 Å². The second-order valence-corrected chi connectivity index (χ2v) is 7.90. The maximum absolute atomic E-state index is 2.47. The summed E-state index contributed by atoms with van der Waals surface area (Å²) < 4.78 is 0. The van der Waals surface area contributed by atoms with Crippen LogP contribution >= 0.6 is 7.92 Å². The summed E-state index contributed by atoms with van der Waals surface area (Å²) in [6, 6.07) is 0. The topological polar surface area (TPSA) is 0 Å². The van der Waals surface area contributed by atoms with Crippen molar-refractivity contribution in [3.8, 4) is 0 Å². The van der Waals surface area contributed by atoms with E-state index in [1.54, 1.807) is 0 Å². The third-order valence-corrected chi connectivity index (χ3v) is 6.04. The first-order chi connectivity index (χ1) is 6.65. The average Bonchev–Trinajstić information content (AvgIpc) is 2.32. The maximum atomic E-state index is 2.47. The summed E-state index contributed by atoms with van der Waals surface area (Å²) in [4.78, 5) is 0. The van der Waals surface area contributed by atoms with Crippen LogP contribution < -0.4 is 0 Å². The molecule has 0 saturated heterocycles. The average molecular weight is 214 g/mol. The molecular formula is C13H27P. The number of hydrogen-bond donors (Lipinski definition) is 0. The minimum atomic E-state index is 0.287. The van der Waals surface area contributed by atoms with Gasteiger partial charge in [-0.3, -0.25) is 0 Å². The lowest BCUT2D eigenvalue weighted by Crippen LogP contribution is -2.17. The Labute approximate surface area is 91.6 Å².